The molecule has 0 atom stereocenters. The van der Waals surface area contributed by atoms with E-state index in [2.05, 4.69) is 44.2 Å². The van der Waals surface area contributed by atoms with Crippen molar-refractivity contribution in [3.05, 3.63) is 53.6 Å². The fourth-order valence-electron chi connectivity index (χ4n) is 1.95. The standard InChI is InChI=1S/C9H11.C5H5.C3H6.2ClH.Hf/c1-2-5-9-7-3-6-8(9)4-1;1-2-4-5-3-1;1-3-2;;;/h3,6-7H,1-2,4-5H2;1-3H,4H2;1-2H3;2*1H;/q2*-1;;;;+2. The average molecular weight is 478 g/mol. The molecule has 1 aromatic rings. The van der Waals surface area contributed by atoms with Gasteiger partial charge >= 0.3 is 41.0 Å². The third kappa shape index (κ3) is 10.9. The summed E-state index contributed by atoms with van der Waals surface area (Å²) in [4.78, 5) is 0. The number of aryl methyl sites for hydroxylation is 2. The Morgan fingerprint density at radius 3 is 2.30 bits per heavy atom. The van der Waals surface area contributed by atoms with Crippen LogP contribution in [0.4, 0.5) is 0 Å². The second-order valence-electron chi connectivity index (χ2n) is 4.79. The Hall–Kier alpha value is 0.150. The first-order valence-corrected chi connectivity index (χ1v) is 8.46. The number of fused-ring (bicyclic) bond motifs is 1. The third-order valence-electron chi connectivity index (χ3n) is 2.74. The number of rotatable bonds is 0. The minimum Gasteiger partial charge on any atom is -0.273 e. The van der Waals surface area contributed by atoms with Gasteiger partial charge in [0.05, 0.1) is 0 Å². The van der Waals surface area contributed by atoms with Crippen molar-refractivity contribution < 1.29 is 23.9 Å². The van der Waals surface area contributed by atoms with Crippen molar-refractivity contribution in [3.8, 4) is 0 Å². The zero-order chi connectivity index (χ0) is 13.2. The molecule has 0 N–H and O–H groups in total. The van der Waals surface area contributed by atoms with Gasteiger partial charge < -0.3 is 0 Å². The molecule has 0 nitrogen and oxygen atoms in total. The zero-order valence-electron chi connectivity index (χ0n) is 12.3. The zero-order valence-corrected chi connectivity index (χ0v) is 17.5. The first kappa shape index (κ1) is 22.4. The van der Waals surface area contributed by atoms with E-state index in [4.69, 9.17) is 0 Å². The molecule has 2 aliphatic rings. The van der Waals surface area contributed by atoms with Crippen LogP contribution in [-0.2, 0) is 36.7 Å². The molecule has 0 fully saturated rings. The van der Waals surface area contributed by atoms with Gasteiger partial charge in [-0.15, -0.1) is 31.2 Å². The summed E-state index contributed by atoms with van der Waals surface area (Å²) in [6, 6.07) is 6.69. The average Bonchev–Trinajstić information content (AvgIpc) is 3.03. The van der Waals surface area contributed by atoms with Crippen molar-refractivity contribution in [1.82, 2.24) is 0 Å². The fraction of sp³-hybridized carbons (Fsp3) is 0.412. The molecule has 0 amide bonds. The largest absolute Gasteiger partial charge is 0.273 e. The van der Waals surface area contributed by atoms with Gasteiger partial charge in [-0.05, 0) is 0 Å². The Balaban J connectivity index is 0. The number of halogens is 2. The second kappa shape index (κ2) is 14.1. The summed E-state index contributed by atoms with van der Waals surface area (Å²) in [6.07, 6.45) is 15.4. The second-order valence-corrected chi connectivity index (χ2v) is 8.38. The number of hydrogen-bond acceptors (Lipinski definition) is 0. The van der Waals surface area contributed by atoms with Crippen molar-refractivity contribution in [1.29, 1.82) is 0 Å². The molecule has 1 aromatic carbocycles. The molecule has 3 heteroatoms. The Morgan fingerprint density at radius 1 is 1.20 bits per heavy atom. The third-order valence-corrected chi connectivity index (χ3v) is 2.74. The number of hydrogen-bond donors (Lipinski definition) is 0. The van der Waals surface area contributed by atoms with E-state index in [9.17, 15) is 0 Å². The van der Waals surface area contributed by atoms with Gasteiger partial charge in [-0.25, -0.2) is 18.2 Å². The van der Waals surface area contributed by atoms with Gasteiger partial charge in [0.1, 0.15) is 0 Å². The molecule has 110 valence electrons. The van der Waals surface area contributed by atoms with E-state index in [-0.39, 0.29) is 24.8 Å². The minimum absolute atomic E-state index is 0. The van der Waals surface area contributed by atoms with Gasteiger partial charge in [-0.2, -0.15) is 29.3 Å². The maximum atomic E-state index is 2.99. The van der Waals surface area contributed by atoms with Gasteiger partial charge in [0.15, 0.2) is 0 Å². The molecule has 0 bridgehead atoms. The smallest absolute Gasteiger partial charge is 0.0512 e. The Kier molecular flexibility index (Phi) is 15.8. The predicted molar refractivity (Wildman–Crippen MR) is 91.1 cm³/mol. The molecule has 0 saturated heterocycles. The summed E-state index contributed by atoms with van der Waals surface area (Å²) < 4.78 is 1.56. The molecule has 0 heterocycles. The molecule has 0 saturated carbocycles. The number of allylic oxidation sites excluding steroid dienone is 4. The van der Waals surface area contributed by atoms with E-state index in [0.29, 0.717) is 0 Å². The van der Waals surface area contributed by atoms with Crippen molar-refractivity contribution >= 4 is 28.1 Å². The van der Waals surface area contributed by atoms with Crippen molar-refractivity contribution in [2.24, 2.45) is 0 Å². The summed E-state index contributed by atoms with van der Waals surface area (Å²) >= 11 is 1.27. The van der Waals surface area contributed by atoms with Crippen LogP contribution >= 0.6 is 24.8 Å². The van der Waals surface area contributed by atoms with Crippen molar-refractivity contribution in [3.63, 3.8) is 0 Å². The molecular formula is C17H24Cl2Hf. The summed E-state index contributed by atoms with van der Waals surface area (Å²) in [5.74, 6) is 0. The van der Waals surface area contributed by atoms with Crippen LogP contribution in [0.5, 0.6) is 0 Å². The summed E-state index contributed by atoms with van der Waals surface area (Å²) in [6.45, 7) is 4.29. The summed E-state index contributed by atoms with van der Waals surface area (Å²) in [5.41, 5.74) is 3.20. The molecule has 0 unspecified atom stereocenters. The monoisotopic (exact) mass is 478 g/mol. The van der Waals surface area contributed by atoms with Crippen LogP contribution in [0, 0.1) is 6.08 Å². The maximum Gasteiger partial charge on any atom is -0.0512 e. The van der Waals surface area contributed by atoms with Gasteiger partial charge in [0.25, 0.3) is 0 Å². The minimum atomic E-state index is 0. The van der Waals surface area contributed by atoms with E-state index >= 15 is 0 Å². The van der Waals surface area contributed by atoms with E-state index < -0.39 is 0 Å². The first-order chi connectivity index (χ1) is 8.70. The van der Waals surface area contributed by atoms with Crippen LogP contribution in [0.25, 0.3) is 0 Å². The Morgan fingerprint density at radius 2 is 1.85 bits per heavy atom. The van der Waals surface area contributed by atoms with Crippen LogP contribution in [-0.4, -0.2) is 3.26 Å². The maximum absolute atomic E-state index is 2.99. The predicted octanol–water partition coefficient (Wildman–Crippen LogP) is 5.18. The quantitative estimate of drug-likeness (QED) is 0.357. The van der Waals surface area contributed by atoms with Gasteiger partial charge in [0, 0.05) is 0 Å². The molecule has 0 radical (unpaired) electrons. The fourth-order valence-corrected chi connectivity index (χ4v) is 1.95. The molecule has 0 spiro atoms. The van der Waals surface area contributed by atoms with Crippen molar-refractivity contribution in [2.45, 2.75) is 46.0 Å². The molecule has 3 rings (SSSR count). The van der Waals surface area contributed by atoms with Crippen LogP contribution in [0.1, 0.15) is 44.2 Å². The van der Waals surface area contributed by atoms with E-state index in [1.807, 2.05) is 12.2 Å². The van der Waals surface area contributed by atoms with Crippen LogP contribution < -0.4 is 0 Å². The normalized spacial score (nSPS) is 13.6. The Labute approximate surface area is 151 Å². The molecule has 0 aliphatic heterocycles. The Bertz CT molecular complexity index is 382. The summed E-state index contributed by atoms with van der Waals surface area (Å²) in [5, 5.41) is 0. The molecule has 0 aromatic heterocycles. The molecule has 2 aliphatic carbocycles. The van der Waals surface area contributed by atoms with E-state index in [1.165, 1.54) is 49.6 Å². The first-order valence-electron chi connectivity index (χ1n) is 6.67. The summed E-state index contributed by atoms with van der Waals surface area (Å²) in [7, 11) is 0. The molecular weight excluding hydrogens is 454 g/mol. The topological polar surface area (TPSA) is 0 Å². The molecule has 20 heavy (non-hydrogen) atoms. The van der Waals surface area contributed by atoms with Gasteiger partial charge in [-0.3, -0.25) is 6.08 Å². The van der Waals surface area contributed by atoms with E-state index in [1.54, 1.807) is 14.4 Å². The van der Waals surface area contributed by atoms with Crippen LogP contribution in [0.3, 0.4) is 0 Å². The van der Waals surface area contributed by atoms with Gasteiger partial charge in [0.2, 0.25) is 0 Å². The van der Waals surface area contributed by atoms with Crippen LogP contribution in [0.2, 0.25) is 0 Å². The van der Waals surface area contributed by atoms with Gasteiger partial charge in [-0.1, -0.05) is 25.7 Å². The van der Waals surface area contributed by atoms with Crippen LogP contribution in [0.15, 0.2) is 36.4 Å². The SMILES string of the molecule is C[C](C)=[Hf+2].Cl.Cl.[C-]1=CC=CC1.c1cc2c([cH-]1)CCCC2. The van der Waals surface area contributed by atoms with E-state index in [0.717, 1.165) is 6.42 Å². The van der Waals surface area contributed by atoms with Crippen molar-refractivity contribution in [2.75, 3.05) is 0 Å².